The molecule has 0 aliphatic heterocycles. The van der Waals surface area contributed by atoms with Gasteiger partial charge in [-0.05, 0) is 17.7 Å². The number of halogens is 1. The van der Waals surface area contributed by atoms with Crippen molar-refractivity contribution in [1.29, 1.82) is 0 Å². The molecule has 0 aliphatic carbocycles. The fraction of sp³-hybridized carbons (Fsp3) is 0.300. The number of aliphatic hydroxyl groups excluding tert-OH is 1. The molecule has 0 spiro atoms. The van der Waals surface area contributed by atoms with Crippen LogP contribution in [0.4, 0.5) is 4.79 Å². The van der Waals surface area contributed by atoms with E-state index in [0.717, 1.165) is 5.56 Å². The Kier molecular flexibility index (Phi) is 4.39. The average molecular weight is 229 g/mol. The van der Waals surface area contributed by atoms with E-state index < -0.39 is 6.10 Å². The number of rotatable bonds is 3. The van der Waals surface area contributed by atoms with Gasteiger partial charge < -0.3 is 15.7 Å². The lowest BCUT2D eigenvalue weighted by Crippen LogP contribution is -2.35. The summed E-state index contributed by atoms with van der Waals surface area (Å²) in [7, 11) is 1.52. The zero-order chi connectivity index (χ0) is 11.3. The van der Waals surface area contributed by atoms with Gasteiger partial charge in [-0.3, -0.25) is 0 Å². The van der Waals surface area contributed by atoms with Gasteiger partial charge in [0, 0.05) is 18.6 Å². The van der Waals surface area contributed by atoms with Gasteiger partial charge in [0.15, 0.2) is 0 Å². The van der Waals surface area contributed by atoms with Crippen LogP contribution in [0.2, 0.25) is 5.02 Å². The van der Waals surface area contributed by atoms with Crippen LogP contribution in [0, 0.1) is 0 Å². The number of carbonyl (C=O) groups excluding carboxylic acids is 1. The van der Waals surface area contributed by atoms with Crippen molar-refractivity contribution in [2.24, 2.45) is 0 Å². The number of nitrogens with one attached hydrogen (secondary N) is 2. The highest BCUT2D eigenvalue weighted by molar-refractivity contribution is 6.30. The topological polar surface area (TPSA) is 61.4 Å². The van der Waals surface area contributed by atoms with Crippen LogP contribution in [0.5, 0.6) is 0 Å². The first-order chi connectivity index (χ1) is 7.13. The molecule has 0 aromatic heterocycles. The second kappa shape index (κ2) is 5.58. The monoisotopic (exact) mass is 228 g/mol. The van der Waals surface area contributed by atoms with Crippen LogP contribution in [-0.2, 0) is 0 Å². The third kappa shape index (κ3) is 3.77. The second-order valence-electron chi connectivity index (χ2n) is 3.03. The molecule has 1 aromatic carbocycles. The molecule has 0 saturated carbocycles. The maximum Gasteiger partial charge on any atom is 0.314 e. The molecule has 3 N–H and O–H groups in total. The van der Waals surface area contributed by atoms with Crippen molar-refractivity contribution in [1.82, 2.24) is 10.6 Å². The molecule has 0 bridgehead atoms. The van der Waals surface area contributed by atoms with Crippen molar-refractivity contribution in [3.63, 3.8) is 0 Å². The minimum absolute atomic E-state index is 0.168. The smallest absolute Gasteiger partial charge is 0.314 e. The van der Waals surface area contributed by atoms with Crippen LogP contribution in [0.15, 0.2) is 24.3 Å². The largest absolute Gasteiger partial charge is 0.387 e. The molecule has 0 heterocycles. The normalized spacial score (nSPS) is 11.9. The molecule has 0 aliphatic rings. The standard InChI is InChI=1S/C10H13ClN2O2/c1-12-10(15)13-6-9(14)7-2-4-8(11)5-3-7/h2-5,9,14H,6H2,1H3,(H2,12,13,15). The van der Waals surface area contributed by atoms with E-state index in [1.807, 2.05) is 0 Å². The lowest BCUT2D eigenvalue weighted by atomic mass is 10.1. The SMILES string of the molecule is CNC(=O)NCC(O)c1ccc(Cl)cc1. The minimum Gasteiger partial charge on any atom is -0.387 e. The van der Waals surface area contributed by atoms with Crippen LogP contribution >= 0.6 is 11.6 Å². The maximum atomic E-state index is 10.8. The van der Waals surface area contributed by atoms with Crippen molar-refractivity contribution in [3.05, 3.63) is 34.9 Å². The number of hydrogen-bond donors (Lipinski definition) is 3. The Morgan fingerprint density at radius 2 is 2.07 bits per heavy atom. The molecule has 15 heavy (non-hydrogen) atoms. The molecular formula is C10H13ClN2O2. The lowest BCUT2D eigenvalue weighted by Gasteiger charge is -2.11. The molecule has 1 atom stereocenters. The number of benzene rings is 1. The second-order valence-corrected chi connectivity index (χ2v) is 3.46. The zero-order valence-electron chi connectivity index (χ0n) is 8.33. The molecule has 1 aromatic rings. The summed E-state index contributed by atoms with van der Waals surface area (Å²) >= 11 is 5.70. The van der Waals surface area contributed by atoms with E-state index in [2.05, 4.69) is 10.6 Å². The molecule has 1 unspecified atom stereocenters. The zero-order valence-corrected chi connectivity index (χ0v) is 9.08. The van der Waals surface area contributed by atoms with Gasteiger partial charge in [-0.15, -0.1) is 0 Å². The van der Waals surface area contributed by atoms with E-state index in [1.165, 1.54) is 7.05 Å². The quantitative estimate of drug-likeness (QED) is 0.731. The molecular weight excluding hydrogens is 216 g/mol. The van der Waals surface area contributed by atoms with E-state index in [4.69, 9.17) is 11.6 Å². The summed E-state index contributed by atoms with van der Waals surface area (Å²) in [6, 6.07) is 6.51. The average Bonchev–Trinajstić information content (AvgIpc) is 2.26. The molecule has 0 radical (unpaired) electrons. The number of hydrogen-bond acceptors (Lipinski definition) is 2. The van der Waals surface area contributed by atoms with Gasteiger partial charge in [-0.25, -0.2) is 4.79 Å². The van der Waals surface area contributed by atoms with E-state index in [-0.39, 0.29) is 12.6 Å². The summed E-state index contributed by atoms with van der Waals surface area (Å²) in [5.74, 6) is 0. The highest BCUT2D eigenvalue weighted by atomic mass is 35.5. The number of aliphatic hydroxyl groups is 1. The van der Waals surface area contributed by atoms with Gasteiger partial charge in [0.2, 0.25) is 0 Å². The summed E-state index contributed by atoms with van der Waals surface area (Å²) in [4.78, 5) is 10.8. The molecule has 0 fully saturated rings. The van der Waals surface area contributed by atoms with E-state index in [9.17, 15) is 9.90 Å². The van der Waals surface area contributed by atoms with Gasteiger partial charge in [0.1, 0.15) is 0 Å². The lowest BCUT2D eigenvalue weighted by molar-refractivity contribution is 0.173. The number of carbonyl (C=O) groups is 1. The summed E-state index contributed by atoms with van der Waals surface area (Å²) < 4.78 is 0. The Balaban J connectivity index is 2.50. The molecule has 0 saturated heterocycles. The third-order valence-corrected chi connectivity index (χ3v) is 2.19. The first-order valence-electron chi connectivity index (χ1n) is 4.52. The molecule has 1 rings (SSSR count). The fourth-order valence-corrected chi connectivity index (χ4v) is 1.21. The van der Waals surface area contributed by atoms with Gasteiger partial charge in [-0.2, -0.15) is 0 Å². The van der Waals surface area contributed by atoms with Crippen molar-refractivity contribution in [2.45, 2.75) is 6.10 Å². The van der Waals surface area contributed by atoms with Crippen molar-refractivity contribution < 1.29 is 9.90 Å². The van der Waals surface area contributed by atoms with Crippen molar-refractivity contribution in [3.8, 4) is 0 Å². The van der Waals surface area contributed by atoms with Crippen LogP contribution in [0.25, 0.3) is 0 Å². The first kappa shape index (κ1) is 11.8. The summed E-state index contributed by atoms with van der Waals surface area (Å²) in [6.07, 6.45) is -0.723. The first-order valence-corrected chi connectivity index (χ1v) is 4.90. The third-order valence-electron chi connectivity index (χ3n) is 1.94. The van der Waals surface area contributed by atoms with Gasteiger partial charge >= 0.3 is 6.03 Å². The number of urea groups is 1. The van der Waals surface area contributed by atoms with E-state index in [1.54, 1.807) is 24.3 Å². The number of amides is 2. The van der Waals surface area contributed by atoms with Gasteiger partial charge in [-0.1, -0.05) is 23.7 Å². The van der Waals surface area contributed by atoms with Crippen molar-refractivity contribution in [2.75, 3.05) is 13.6 Å². The van der Waals surface area contributed by atoms with Crippen molar-refractivity contribution >= 4 is 17.6 Å². The Morgan fingerprint density at radius 3 is 2.60 bits per heavy atom. The molecule has 5 heteroatoms. The van der Waals surface area contributed by atoms with Crippen LogP contribution < -0.4 is 10.6 Å². The predicted molar refractivity (Wildman–Crippen MR) is 58.9 cm³/mol. The molecule has 2 amide bonds. The van der Waals surface area contributed by atoms with Gasteiger partial charge in [0.25, 0.3) is 0 Å². The van der Waals surface area contributed by atoms with Crippen LogP contribution in [0.1, 0.15) is 11.7 Å². The van der Waals surface area contributed by atoms with Crippen LogP contribution in [-0.4, -0.2) is 24.7 Å². The predicted octanol–water partition coefficient (Wildman–Crippen LogP) is 1.30. The highest BCUT2D eigenvalue weighted by Gasteiger charge is 2.08. The Bertz CT molecular complexity index is 327. The van der Waals surface area contributed by atoms with Gasteiger partial charge in [0.05, 0.1) is 6.10 Å². The van der Waals surface area contributed by atoms with E-state index >= 15 is 0 Å². The summed E-state index contributed by atoms with van der Waals surface area (Å²) in [6.45, 7) is 0.168. The molecule has 82 valence electrons. The summed E-state index contributed by atoms with van der Waals surface area (Å²) in [5.41, 5.74) is 0.718. The summed E-state index contributed by atoms with van der Waals surface area (Å²) in [5, 5.41) is 15.2. The minimum atomic E-state index is -0.723. The molecule has 4 nitrogen and oxygen atoms in total. The fourth-order valence-electron chi connectivity index (χ4n) is 1.08. The Morgan fingerprint density at radius 1 is 1.47 bits per heavy atom. The van der Waals surface area contributed by atoms with Crippen LogP contribution in [0.3, 0.4) is 0 Å². The van der Waals surface area contributed by atoms with E-state index in [0.29, 0.717) is 5.02 Å². The Hall–Kier alpha value is -1.26. The highest BCUT2D eigenvalue weighted by Crippen LogP contribution is 2.15. The Labute approximate surface area is 93.2 Å². The maximum absolute atomic E-state index is 10.8.